The maximum absolute atomic E-state index is 5.36. The van der Waals surface area contributed by atoms with Crippen LogP contribution in [0.3, 0.4) is 0 Å². The standard InChI is InChI=1S/C59H42N2/c1-58(2)55-41-22-11-10-17-37(41)29-32-50(55)49-27-16-26-48(56(49)58)44-33-34-47(43-24-13-12-23-42(43)44)54-36-53(60-57(61-54)38-18-6-4-7-19-38)39-30-31-46-45-25-14-15-28-51(45)59(3,52(46)35-39)40-20-8-5-9-21-40/h4-36H,1-3H3. The van der Waals surface area contributed by atoms with Crippen LogP contribution >= 0.6 is 0 Å². The average molecular weight is 779 g/mol. The molecule has 2 aliphatic rings. The fraction of sp³-hybridized carbons (Fsp3) is 0.0847. The highest BCUT2D eigenvalue weighted by Crippen LogP contribution is 2.56. The van der Waals surface area contributed by atoms with E-state index in [4.69, 9.17) is 9.97 Å². The fourth-order valence-corrected chi connectivity index (χ4v) is 10.9. The summed E-state index contributed by atoms with van der Waals surface area (Å²) in [6.45, 7) is 7.17. The molecular weight excluding hydrogens is 737 g/mol. The van der Waals surface area contributed by atoms with E-state index in [-0.39, 0.29) is 10.8 Å². The zero-order chi connectivity index (χ0) is 40.9. The van der Waals surface area contributed by atoms with Gasteiger partial charge in [-0.2, -0.15) is 0 Å². The van der Waals surface area contributed by atoms with E-state index >= 15 is 0 Å². The summed E-state index contributed by atoms with van der Waals surface area (Å²) in [6.07, 6.45) is 0. The van der Waals surface area contributed by atoms with Crippen LogP contribution in [0, 0.1) is 0 Å². The van der Waals surface area contributed by atoms with Crippen molar-refractivity contribution in [2.24, 2.45) is 0 Å². The van der Waals surface area contributed by atoms with E-state index in [2.05, 4.69) is 215 Å². The molecule has 0 amide bonds. The molecule has 2 heteroatoms. The second-order valence-corrected chi connectivity index (χ2v) is 17.4. The third kappa shape index (κ3) is 5.22. The van der Waals surface area contributed by atoms with Crippen LogP contribution in [0.25, 0.3) is 88.8 Å². The Morgan fingerprint density at radius 1 is 0.344 bits per heavy atom. The molecule has 12 rings (SSSR count). The second-order valence-electron chi connectivity index (χ2n) is 17.4. The minimum atomic E-state index is -0.312. The molecule has 9 aromatic carbocycles. The Morgan fingerprint density at radius 2 is 0.902 bits per heavy atom. The van der Waals surface area contributed by atoms with Crippen LogP contribution in [-0.4, -0.2) is 9.97 Å². The van der Waals surface area contributed by atoms with Crippen LogP contribution in [0.15, 0.2) is 200 Å². The maximum atomic E-state index is 5.36. The second kappa shape index (κ2) is 13.3. The number of aromatic nitrogens is 2. The number of fused-ring (bicyclic) bond motifs is 9. The Hall–Kier alpha value is -7.42. The van der Waals surface area contributed by atoms with Crippen LogP contribution in [0.1, 0.15) is 48.6 Å². The van der Waals surface area contributed by atoms with E-state index < -0.39 is 0 Å². The van der Waals surface area contributed by atoms with Crippen molar-refractivity contribution >= 4 is 21.5 Å². The lowest BCUT2D eigenvalue weighted by atomic mass is 9.74. The monoisotopic (exact) mass is 778 g/mol. The van der Waals surface area contributed by atoms with Crippen LogP contribution in [0.4, 0.5) is 0 Å². The molecule has 2 nitrogen and oxygen atoms in total. The van der Waals surface area contributed by atoms with Crippen molar-refractivity contribution in [3.05, 3.63) is 228 Å². The first-order chi connectivity index (χ1) is 29.9. The van der Waals surface area contributed by atoms with Gasteiger partial charge in [0.1, 0.15) is 0 Å². The van der Waals surface area contributed by atoms with Gasteiger partial charge in [-0.3, -0.25) is 0 Å². The minimum absolute atomic E-state index is 0.193. The van der Waals surface area contributed by atoms with Crippen molar-refractivity contribution in [3.8, 4) is 67.3 Å². The molecule has 61 heavy (non-hydrogen) atoms. The zero-order valence-electron chi connectivity index (χ0n) is 34.4. The molecule has 0 fully saturated rings. The molecule has 10 aromatic rings. The van der Waals surface area contributed by atoms with E-state index in [1.807, 2.05) is 6.07 Å². The Kier molecular flexibility index (Phi) is 7.74. The summed E-state index contributed by atoms with van der Waals surface area (Å²) >= 11 is 0. The first kappa shape index (κ1) is 35.5. The molecular formula is C59H42N2. The van der Waals surface area contributed by atoms with Gasteiger partial charge in [-0.15, -0.1) is 0 Å². The van der Waals surface area contributed by atoms with Gasteiger partial charge in [-0.05, 0) is 102 Å². The van der Waals surface area contributed by atoms with Crippen LogP contribution in [0.2, 0.25) is 0 Å². The number of hydrogen-bond acceptors (Lipinski definition) is 2. The van der Waals surface area contributed by atoms with Crippen LogP contribution in [-0.2, 0) is 10.8 Å². The summed E-state index contributed by atoms with van der Waals surface area (Å²) in [6, 6.07) is 73.0. The van der Waals surface area contributed by atoms with Gasteiger partial charge in [0, 0.05) is 27.5 Å². The zero-order valence-corrected chi connectivity index (χ0v) is 34.4. The van der Waals surface area contributed by atoms with E-state index in [1.165, 1.54) is 82.7 Å². The van der Waals surface area contributed by atoms with Gasteiger partial charge in [0.15, 0.2) is 5.82 Å². The summed E-state index contributed by atoms with van der Waals surface area (Å²) in [5.41, 5.74) is 18.9. The maximum Gasteiger partial charge on any atom is 0.160 e. The van der Waals surface area contributed by atoms with Crippen molar-refractivity contribution in [1.82, 2.24) is 9.97 Å². The first-order valence-electron chi connectivity index (χ1n) is 21.3. The lowest BCUT2D eigenvalue weighted by Crippen LogP contribution is -2.22. The summed E-state index contributed by atoms with van der Waals surface area (Å²) in [5.74, 6) is 0.712. The summed E-state index contributed by atoms with van der Waals surface area (Å²) in [7, 11) is 0. The SMILES string of the molecule is CC1(C)c2c(cccc2-c2ccc(-c3cc(-c4ccc5c(c4)C(C)(c4ccccc4)c4ccccc4-5)nc(-c4ccccc4)n3)c3ccccc23)-c2ccc3ccccc3c21. The fourth-order valence-electron chi connectivity index (χ4n) is 10.9. The minimum Gasteiger partial charge on any atom is -0.228 e. The molecule has 288 valence electrons. The molecule has 0 N–H and O–H groups in total. The highest BCUT2D eigenvalue weighted by atomic mass is 14.9. The molecule has 0 spiro atoms. The summed E-state index contributed by atoms with van der Waals surface area (Å²) in [4.78, 5) is 10.7. The Morgan fingerprint density at radius 3 is 1.70 bits per heavy atom. The quantitative estimate of drug-likeness (QED) is 0.174. The Balaban J connectivity index is 1.04. The predicted molar refractivity (Wildman–Crippen MR) is 254 cm³/mol. The van der Waals surface area contributed by atoms with Crippen molar-refractivity contribution in [2.45, 2.75) is 31.6 Å². The van der Waals surface area contributed by atoms with Crippen molar-refractivity contribution in [1.29, 1.82) is 0 Å². The highest BCUT2D eigenvalue weighted by Gasteiger charge is 2.41. The van der Waals surface area contributed by atoms with E-state index in [1.54, 1.807) is 0 Å². The predicted octanol–water partition coefficient (Wildman–Crippen LogP) is 15.1. The molecule has 1 unspecified atom stereocenters. The van der Waals surface area contributed by atoms with Gasteiger partial charge in [0.2, 0.25) is 0 Å². The molecule has 1 aromatic heterocycles. The molecule has 0 aliphatic heterocycles. The van der Waals surface area contributed by atoms with Crippen LogP contribution in [0.5, 0.6) is 0 Å². The van der Waals surface area contributed by atoms with E-state index in [0.29, 0.717) is 5.82 Å². The topological polar surface area (TPSA) is 25.8 Å². The largest absolute Gasteiger partial charge is 0.228 e. The van der Waals surface area contributed by atoms with Gasteiger partial charge in [0.25, 0.3) is 0 Å². The number of benzene rings is 9. The molecule has 0 saturated heterocycles. The Labute approximate surface area is 356 Å². The van der Waals surface area contributed by atoms with E-state index in [0.717, 1.165) is 28.1 Å². The lowest BCUT2D eigenvalue weighted by molar-refractivity contribution is 0.668. The number of rotatable bonds is 5. The van der Waals surface area contributed by atoms with Gasteiger partial charge in [-0.1, -0.05) is 202 Å². The average Bonchev–Trinajstić information content (AvgIpc) is 3.73. The van der Waals surface area contributed by atoms with Gasteiger partial charge < -0.3 is 0 Å². The number of hydrogen-bond donors (Lipinski definition) is 0. The first-order valence-corrected chi connectivity index (χ1v) is 21.3. The van der Waals surface area contributed by atoms with Gasteiger partial charge in [0.05, 0.1) is 11.4 Å². The molecule has 0 bridgehead atoms. The summed E-state index contributed by atoms with van der Waals surface area (Å²) < 4.78 is 0. The van der Waals surface area contributed by atoms with E-state index in [9.17, 15) is 0 Å². The molecule has 0 radical (unpaired) electrons. The number of nitrogens with zero attached hydrogens (tertiary/aromatic N) is 2. The third-order valence-electron chi connectivity index (χ3n) is 13.7. The highest BCUT2D eigenvalue weighted by molar-refractivity contribution is 6.07. The lowest BCUT2D eigenvalue weighted by Gasteiger charge is -2.28. The molecule has 1 atom stereocenters. The van der Waals surface area contributed by atoms with Crippen molar-refractivity contribution in [3.63, 3.8) is 0 Å². The normalized spacial score (nSPS) is 15.7. The Bertz CT molecular complexity index is 3400. The van der Waals surface area contributed by atoms with Gasteiger partial charge >= 0.3 is 0 Å². The molecule has 0 saturated carbocycles. The van der Waals surface area contributed by atoms with Crippen molar-refractivity contribution < 1.29 is 0 Å². The molecule has 2 aliphatic carbocycles. The smallest absolute Gasteiger partial charge is 0.160 e. The summed E-state index contributed by atoms with van der Waals surface area (Å²) in [5, 5.41) is 4.99. The van der Waals surface area contributed by atoms with Crippen LogP contribution < -0.4 is 0 Å². The van der Waals surface area contributed by atoms with Crippen molar-refractivity contribution in [2.75, 3.05) is 0 Å². The van der Waals surface area contributed by atoms with Gasteiger partial charge in [-0.25, -0.2) is 9.97 Å². The molecule has 1 heterocycles. The third-order valence-corrected chi connectivity index (χ3v) is 13.7.